The summed E-state index contributed by atoms with van der Waals surface area (Å²) in [5.74, 6) is -0.00852. The van der Waals surface area contributed by atoms with Gasteiger partial charge in [0.05, 0.1) is 30.5 Å². The van der Waals surface area contributed by atoms with Crippen LogP contribution in [0.5, 0.6) is 0 Å². The number of rotatable bonds is 4. The minimum Gasteiger partial charge on any atom is -0.422 e. The van der Waals surface area contributed by atoms with Crippen LogP contribution >= 0.6 is 0 Å². The van der Waals surface area contributed by atoms with Gasteiger partial charge in [0.1, 0.15) is 11.4 Å². The third-order valence-corrected chi connectivity index (χ3v) is 3.09. The van der Waals surface area contributed by atoms with Gasteiger partial charge in [-0.05, 0) is 12.1 Å². The number of hydrogen-bond acceptors (Lipinski definition) is 8. The van der Waals surface area contributed by atoms with E-state index in [0.717, 1.165) is 6.20 Å². The fourth-order valence-electron chi connectivity index (χ4n) is 1.85. The molecule has 0 aliphatic heterocycles. The summed E-state index contributed by atoms with van der Waals surface area (Å²) in [7, 11) is 0. The zero-order chi connectivity index (χ0) is 18.7. The van der Waals surface area contributed by atoms with E-state index in [2.05, 4.69) is 30.4 Å². The molecule has 0 spiro atoms. The number of halogens is 3. The Morgan fingerprint density at radius 2 is 1.88 bits per heavy atom. The lowest BCUT2D eigenvalue weighted by Crippen LogP contribution is -2.14. The molecule has 0 bridgehead atoms. The predicted octanol–water partition coefficient (Wildman–Crippen LogP) is 2.38. The van der Waals surface area contributed by atoms with Gasteiger partial charge in [0.15, 0.2) is 17.3 Å². The van der Waals surface area contributed by atoms with Crippen molar-refractivity contribution in [3.8, 4) is 11.5 Å². The zero-order valence-electron chi connectivity index (χ0n) is 12.8. The summed E-state index contributed by atoms with van der Waals surface area (Å²) in [6, 6.07) is 3.16. The Morgan fingerprint density at radius 1 is 1.08 bits per heavy atom. The van der Waals surface area contributed by atoms with Crippen molar-refractivity contribution in [1.29, 1.82) is 0 Å². The lowest BCUT2D eigenvalue weighted by atomic mass is 10.3. The number of nitrogens with one attached hydrogen (secondary N) is 1. The van der Waals surface area contributed by atoms with Crippen molar-refractivity contribution in [3.63, 3.8) is 0 Å². The van der Waals surface area contributed by atoms with E-state index < -0.39 is 11.9 Å². The summed E-state index contributed by atoms with van der Waals surface area (Å²) in [6.07, 6.45) is -0.322. The number of oxazole rings is 1. The molecule has 3 aromatic rings. The molecule has 0 aliphatic carbocycles. The molecule has 0 saturated carbocycles. The first kappa shape index (κ1) is 17.1. The van der Waals surface area contributed by atoms with E-state index in [1.165, 1.54) is 18.5 Å². The average Bonchev–Trinajstić information content (AvgIpc) is 3.09. The van der Waals surface area contributed by atoms with E-state index in [1.807, 2.05) is 0 Å². The summed E-state index contributed by atoms with van der Waals surface area (Å²) >= 11 is 0. The third-order valence-electron chi connectivity index (χ3n) is 3.09. The molecule has 0 fully saturated rings. The maximum atomic E-state index is 12.5. The van der Waals surface area contributed by atoms with Crippen molar-refractivity contribution in [2.75, 3.05) is 5.32 Å². The third kappa shape index (κ3) is 3.68. The molecule has 3 heterocycles. The van der Waals surface area contributed by atoms with Crippen LogP contribution < -0.4 is 11.1 Å². The highest BCUT2D eigenvalue weighted by Crippen LogP contribution is 2.28. The zero-order valence-corrected chi connectivity index (χ0v) is 12.8. The number of pyridine rings is 1. The Bertz CT molecular complexity index is 921. The fourth-order valence-corrected chi connectivity index (χ4v) is 1.85. The topological polar surface area (TPSA) is 135 Å². The number of nitrogens with two attached hydrogens (primary N) is 1. The molecule has 0 unspecified atom stereocenters. The Labute approximate surface area is 143 Å². The molecule has 0 saturated heterocycles. The second-order valence-corrected chi connectivity index (χ2v) is 4.86. The molecule has 4 N–H and O–H groups in total. The number of anilines is 2. The van der Waals surface area contributed by atoms with Crippen LogP contribution in [0.4, 0.5) is 24.9 Å². The highest BCUT2D eigenvalue weighted by Gasteiger charge is 2.32. The lowest BCUT2D eigenvalue weighted by Gasteiger charge is -2.04. The van der Waals surface area contributed by atoms with E-state index in [1.54, 1.807) is 6.07 Å². The molecule has 0 radical (unpaired) electrons. The molecule has 3 rings (SSSR count). The first-order valence-electron chi connectivity index (χ1n) is 6.93. The second-order valence-electron chi connectivity index (χ2n) is 4.86. The summed E-state index contributed by atoms with van der Waals surface area (Å²) < 4.78 is 42.8. The second kappa shape index (κ2) is 6.66. The van der Waals surface area contributed by atoms with E-state index in [4.69, 9.17) is 15.4 Å². The number of nitrogens with zero attached hydrogens (tertiary/aromatic N) is 5. The first-order valence-corrected chi connectivity index (χ1v) is 6.93. The van der Waals surface area contributed by atoms with Crippen LogP contribution in [0.3, 0.4) is 0 Å². The van der Waals surface area contributed by atoms with Crippen LogP contribution in [0.1, 0.15) is 11.4 Å². The molecule has 134 valence electrons. The van der Waals surface area contributed by atoms with Crippen LogP contribution in [0, 0.1) is 0 Å². The van der Waals surface area contributed by atoms with Gasteiger partial charge in [-0.2, -0.15) is 13.2 Å². The molecule has 3 aromatic heterocycles. The fraction of sp³-hybridized carbons (Fsp3) is 0.0714. The molecule has 0 amide bonds. The standard InChI is InChI=1S/C14H10F3N7O2/c15-14(16,17)11-6-20-9(4-21-11)10-5-22-13(26-10)23-7-1-2-8(19-3-7)12(18)24-25/h1-6,25H,(H2,18,24)(H,22,23). The summed E-state index contributed by atoms with van der Waals surface area (Å²) in [5, 5.41) is 14.2. The lowest BCUT2D eigenvalue weighted by molar-refractivity contribution is -0.141. The van der Waals surface area contributed by atoms with Crippen molar-refractivity contribution in [1.82, 2.24) is 19.9 Å². The first-order chi connectivity index (χ1) is 12.4. The van der Waals surface area contributed by atoms with Gasteiger partial charge in [-0.15, -0.1) is 0 Å². The van der Waals surface area contributed by atoms with Gasteiger partial charge in [-0.1, -0.05) is 5.16 Å². The molecule has 9 nitrogen and oxygen atoms in total. The largest absolute Gasteiger partial charge is 0.434 e. The van der Waals surface area contributed by atoms with Gasteiger partial charge in [-0.25, -0.2) is 15.0 Å². The van der Waals surface area contributed by atoms with Crippen molar-refractivity contribution < 1.29 is 22.8 Å². The van der Waals surface area contributed by atoms with Crippen LogP contribution in [-0.2, 0) is 6.18 Å². The van der Waals surface area contributed by atoms with Crippen LogP contribution in [0.2, 0.25) is 0 Å². The van der Waals surface area contributed by atoms with Crippen molar-refractivity contribution in [2.45, 2.75) is 6.18 Å². The Balaban J connectivity index is 1.74. The van der Waals surface area contributed by atoms with Crippen molar-refractivity contribution in [2.24, 2.45) is 10.9 Å². The summed E-state index contributed by atoms with van der Waals surface area (Å²) in [6.45, 7) is 0. The van der Waals surface area contributed by atoms with E-state index in [9.17, 15) is 13.2 Å². The molecule has 0 aromatic carbocycles. The smallest absolute Gasteiger partial charge is 0.422 e. The monoisotopic (exact) mass is 365 g/mol. The minimum absolute atomic E-state index is 0.0695. The molecular weight excluding hydrogens is 355 g/mol. The minimum atomic E-state index is -4.57. The molecular formula is C14H10F3N7O2. The Morgan fingerprint density at radius 3 is 2.46 bits per heavy atom. The maximum absolute atomic E-state index is 12.5. The van der Waals surface area contributed by atoms with Crippen LogP contribution in [0.25, 0.3) is 11.5 Å². The number of oxime groups is 1. The van der Waals surface area contributed by atoms with Gasteiger partial charge in [-0.3, -0.25) is 4.98 Å². The van der Waals surface area contributed by atoms with Crippen LogP contribution in [0.15, 0.2) is 46.5 Å². The molecule has 12 heteroatoms. The van der Waals surface area contributed by atoms with Crippen molar-refractivity contribution >= 4 is 17.5 Å². The molecule has 0 atom stereocenters. The average molecular weight is 365 g/mol. The van der Waals surface area contributed by atoms with Crippen LogP contribution in [-0.4, -0.2) is 31.0 Å². The quantitative estimate of drug-likeness (QED) is 0.277. The Hall–Kier alpha value is -3.70. The van der Waals surface area contributed by atoms with Gasteiger partial charge in [0.25, 0.3) is 6.01 Å². The van der Waals surface area contributed by atoms with Gasteiger partial charge in [0, 0.05) is 0 Å². The highest BCUT2D eigenvalue weighted by molar-refractivity contribution is 5.95. The SMILES string of the molecule is N/C(=N/O)c1ccc(Nc2ncc(-c3cnc(C(F)(F)F)cn3)o2)cn1. The normalized spacial score (nSPS) is 12.2. The number of amidine groups is 1. The number of aromatic nitrogens is 4. The van der Waals surface area contributed by atoms with Gasteiger partial charge in [0.2, 0.25) is 0 Å². The summed E-state index contributed by atoms with van der Waals surface area (Å²) in [5.41, 5.74) is 5.16. The molecule has 0 aliphatic rings. The van der Waals surface area contributed by atoms with E-state index in [-0.39, 0.29) is 29.0 Å². The Kier molecular flexibility index (Phi) is 4.39. The highest BCUT2D eigenvalue weighted by atomic mass is 19.4. The maximum Gasteiger partial charge on any atom is 0.434 e. The predicted molar refractivity (Wildman–Crippen MR) is 82.6 cm³/mol. The van der Waals surface area contributed by atoms with Gasteiger partial charge >= 0.3 is 6.18 Å². The number of alkyl halides is 3. The molecule has 26 heavy (non-hydrogen) atoms. The number of hydrogen-bond donors (Lipinski definition) is 3. The van der Waals surface area contributed by atoms with E-state index >= 15 is 0 Å². The van der Waals surface area contributed by atoms with Gasteiger partial charge < -0.3 is 20.7 Å². The van der Waals surface area contributed by atoms with Crippen molar-refractivity contribution in [3.05, 3.63) is 48.3 Å². The van der Waals surface area contributed by atoms with E-state index in [0.29, 0.717) is 11.9 Å². The summed E-state index contributed by atoms with van der Waals surface area (Å²) in [4.78, 5) is 14.9.